The molecule has 0 fully saturated rings. The number of amides is 1. The van der Waals surface area contributed by atoms with Crippen LogP contribution in [0.4, 0.5) is 5.69 Å². The molecule has 1 amide bonds. The second kappa shape index (κ2) is 6.51. The maximum absolute atomic E-state index is 11.8. The van der Waals surface area contributed by atoms with Crippen LogP contribution >= 0.6 is 0 Å². The highest BCUT2D eigenvalue weighted by molar-refractivity contribution is 5.92. The van der Waals surface area contributed by atoms with E-state index in [1.165, 1.54) is 6.20 Å². The molecular formula is C15H15N3O3. The van der Waals surface area contributed by atoms with Gasteiger partial charge in [-0.05, 0) is 36.2 Å². The van der Waals surface area contributed by atoms with Gasteiger partial charge >= 0.3 is 5.97 Å². The van der Waals surface area contributed by atoms with E-state index < -0.39 is 5.97 Å². The van der Waals surface area contributed by atoms with Gasteiger partial charge in [-0.25, -0.2) is 9.78 Å². The predicted molar refractivity (Wildman–Crippen MR) is 78.1 cm³/mol. The lowest BCUT2D eigenvalue weighted by Crippen LogP contribution is -2.26. The summed E-state index contributed by atoms with van der Waals surface area (Å²) >= 11 is 0. The van der Waals surface area contributed by atoms with E-state index in [2.05, 4.69) is 10.3 Å². The third-order valence-corrected chi connectivity index (χ3v) is 2.92. The second-order valence-electron chi connectivity index (χ2n) is 4.48. The lowest BCUT2D eigenvalue weighted by Gasteiger charge is -2.05. The van der Waals surface area contributed by atoms with Crippen molar-refractivity contribution in [1.29, 1.82) is 0 Å². The number of nitrogen functional groups attached to an aromatic ring is 1. The van der Waals surface area contributed by atoms with Gasteiger partial charge in [-0.15, -0.1) is 0 Å². The average molecular weight is 285 g/mol. The number of aromatic carboxylic acids is 1. The Kier molecular flexibility index (Phi) is 4.50. The van der Waals surface area contributed by atoms with E-state index in [-0.39, 0.29) is 11.5 Å². The number of nitrogens with two attached hydrogens (primary N) is 1. The van der Waals surface area contributed by atoms with Crippen molar-refractivity contribution in [3.05, 3.63) is 59.4 Å². The second-order valence-corrected chi connectivity index (χ2v) is 4.48. The number of carbonyl (C=O) groups excluding carboxylic acids is 1. The third-order valence-electron chi connectivity index (χ3n) is 2.92. The van der Waals surface area contributed by atoms with Crippen LogP contribution in [-0.4, -0.2) is 28.5 Å². The molecule has 1 aromatic heterocycles. The Morgan fingerprint density at radius 2 is 1.86 bits per heavy atom. The number of carbonyl (C=O) groups is 2. The van der Waals surface area contributed by atoms with E-state index in [1.54, 1.807) is 36.4 Å². The monoisotopic (exact) mass is 285 g/mol. The number of aromatic nitrogens is 1. The van der Waals surface area contributed by atoms with E-state index in [1.807, 2.05) is 0 Å². The minimum atomic E-state index is -0.954. The number of anilines is 1. The highest BCUT2D eigenvalue weighted by atomic mass is 16.4. The molecule has 0 saturated heterocycles. The summed E-state index contributed by atoms with van der Waals surface area (Å²) in [6.07, 6.45) is 2.04. The zero-order valence-corrected chi connectivity index (χ0v) is 11.2. The Hall–Kier alpha value is -2.89. The summed E-state index contributed by atoms with van der Waals surface area (Å²) in [7, 11) is 0. The van der Waals surface area contributed by atoms with Crippen molar-refractivity contribution < 1.29 is 14.7 Å². The molecule has 0 radical (unpaired) electrons. The molecule has 1 aromatic carbocycles. The Morgan fingerprint density at radius 3 is 2.43 bits per heavy atom. The van der Waals surface area contributed by atoms with E-state index in [9.17, 15) is 9.59 Å². The van der Waals surface area contributed by atoms with Crippen LogP contribution in [0.3, 0.4) is 0 Å². The molecule has 0 spiro atoms. The van der Waals surface area contributed by atoms with Gasteiger partial charge in [0.1, 0.15) is 5.69 Å². The van der Waals surface area contributed by atoms with Gasteiger partial charge in [0.2, 0.25) is 0 Å². The first kappa shape index (κ1) is 14.5. The quantitative estimate of drug-likeness (QED) is 0.768. The summed E-state index contributed by atoms with van der Waals surface area (Å²) in [5.41, 5.74) is 7.51. The SMILES string of the molecule is Nc1ccc(C(=O)NCCc2ccc(C(=O)O)cc2)nc1. The number of rotatable bonds is 5. The Balaban J connectivity index is 1.85. The van der Waals surface area contributed by atoms with Gasteiger partial charge in [-0.3, -0.25) is 4.79 Å². The van der Waals surface area contributed by atoms with E-state index in [4.69, 9.17) is 10.8 Å². The minimum absolute atomic E-state index is 0.244. The van der Waals surface area contributed by atoms with Gasteiger partial charge in [0.05, 0.1) is 17.4 Å². The summed E-state index contributed by atoms with van der Waals surface area (Å²) < 4.78 is 0. The van der Waals surface area contributed by atoms with Crippen molar-refractivity contribution in [3.8, 4) is 0 Å². The molecule has 108 valence electrons. The molecule has 0 bridgehead atoms. The molecule has 0 aliphatic heterocycles. The van der Waals surface area contributed by atoms with E-state index in [0.717, 1.165) is 5.56 Å². The van der Waals surface area contributed by atoms with Crippen LogP contribution in [-0.2, 0) is 6.42 Å². The van der Waals surface area contributed by atoms with Gasteiger partial charge in [-0.2, -0.15) is 0 Å². The lowest BCUT2D eigenvalue weighted by molar-refractivity contribution is 0.0696. The van der Waals surface area contributed by atoms with Crippen molar-refractivity contribution in [1.82, 2.24) is 10.3 Å². The molecule has 0 aliphatic rings. The number of nitrogens with one attached hydrogen (secondary N) is 1. The Bertz CT molecular complexity index is 636. The fourth-order valence-electron chi connectivity index (χ4n) is 1.76. The van der Waals surface area contributed by atoms with Crippen LogP contribution in [0, 0.1) is 0 Å². The van der Waals surface area contributed by atoms with Gasteiger partial charge < -0.3 is 16.2 Å². The van der Waals surface area contributed by atoms with Gasteiger partial charge in [0.15, 0.2) is 0 Å². The van der Waals surface area contributed by atoms with Crippen LogP contribution in [0.25, 0.3) is 0 Å². The van der Waals surface area contributed by atoms with Gasteiger partial charge in [-0.1, -0.05) is 12.1 Å². The van der Waals surface area contributed by atoms with Gasteiger partial charge in [0.25, 0.3) is 5.91 Å². The highest BCUT2D eigenvalue weighted by Crippen LogP contribution is 2.05. The lowest BCUT2D eigenvalue weighted by atomic mass is 10.1. The summed E-state index contributed by atoms with van der Waals surface area (Å²) in [4.78, 5) is 26.5. The predicted octanol–water partition coefficient (Wildman–Crippen LogP) is 1.33. The fraction of sp³-hybridized carbons (Fsp3) is 0.133. The number of pyridine rings is 1. The number of carboxylic acids is 1. The normalized spacial score (nSPS) is 10.1. The van der Waals surface area contributed by atoms with Crippen LogP contribution < -0.4 is 11.1 Å². The summed E-state index contributed by atoms with van der Waals surface area (Å²) in [6, 6.07) is 9.73. The average Bonchev–Trinajstić information content (AvgIpc) is 2.48. The summed E-state index contributed by atoms with van der Waals surface area (Å²) in [5, 5.41) is 11.5. The molecule has 6 heteroatoms. The Labute approximate surface area is 121 Å². The number of hydrogen-bond acceptors (Lipinski definition) is 4. The van der Waals surface area contributed by atoms with Crippen molar-refractivity contribution in [2.24, 2.45) is 0 Å². The molecule has 4 N–H and O–H groups in total. The zero-order valence-electron chi connectivity index (χ0n) is 11.2. The van der Waals surface area contributed by atoms with Crippen molar-refractivity contribution in [2.45, 2.75) is 6.42 Å². The van der Waals surface area contributed by atoms with Crippen LogP contribution in [0.5, 0.6) is 0 Å². The number of nitrogens with zero attached hydrogens (tertiary/aromatic N) is 1. The topological polar surface area (TPSA) is 105 Å². The summed E-state index contributed by atoms with van der Waals surface area (Å²) in [5.74, 6) is -1.22. The molecule has 2 aromatic rings. The maximum Gasteiger partial charge on any atom is 0.335 e. The highest BCUT2D eigenvalue weighted by Gasteiger charge is 2.06. The van der Waals surface area contributed by atoms with Crippen LogP contribution in [0.15, 0.2) is 42.6 Å². The molecule has 0 aliphatic carbocycles. The molecule has 1 heterocycles. The largest absolute Gasteiger partial charge is 0.478 e. The van der Waals surface area contributed by atoms with Gasteiger partial charge in [0, 0.05) is 6.54 Å². The smallest absolute Gasteiger partial charge is 0.335 e. The van der Waals surface area contributed by atoms with Crippen molar-refractivity contribution in [3.63, 3.8) is 0 Å². The number of carboxylic acid groups (broad SMARTS) is 1. The summed E-state index contributed by atoms with van der Waals surface area (Å²) in [6.45, 7) is 0.442. The molecule has 6 nitrogen and oxygen atoms in total. The third kappa shape index (κ3) is 4.04. The standard InChI is InChI=1S/C15H15N3O3/c16-12-5-6-13(18-9-12)14(19)17-8-7-10-1-3-11(4-2-10)15(20)21/h1-6,9H,7-8,16H2,(H,17,19)(H,20,21). The molecule has 21 heavy (non-hydrogen) atoms. The maximum atomic E-state index is 11.8. The number of hydrogen-bond donors (Lipinski definition) is 3. The van der Waals surface area contributed by atoms with Crippen LogP contribution in [0.2, 0.25) is 0 Å². The fourth-order valence-corrected chi connectivity index (χ4v) is 1.76. The van der Waals surface area contributed by atoms with Crippen molar-refractivity contribution in [2.75, 3.05) is 12.3 Å². The number of benzene rings is 1. The molecular weight excluding hydrogens is 270 g/mol. The molecule has 0 atom stereocenters. The zero-order chi connectivity index (χ0) is 15.2. The molecule has 0 unspecified atom stereocenters. The minimum Gasteiger partial charge on any atom is -0.478 e. The molecule has 2 rings (SSSR count). The first-order chi connectivity index (χ1) is 10.1. The molecule has 0 saturated carbocycles. The van der Waals surface area contributed by atoms with E-state index in [0.29, 0.717) is 24.3 Å². The first-order valence-corrected chi connectivity index (χ1v) is 6.38. The Morgan fingerprint density at radius 1 is 1.14 bits per heavy atom. The first-order valence-electron chi connectivity index (χ1n) is 6.38. The van der Waals surface area contributed by atoms with Crippen LogP contribution in [0.1, 0.15) is 26.4 Å². The van der Waals surface area contributed by atoms with Crippen molar-refractivity contribution >= 4 is 17.6 Å². The van der Waals surface area contributed by atoms with E-state index >= 15 is 0 Å².